The molecular weight excluding hydrogens is 188 g/mol. The zero-order chi connectivity index (χ0) is 10.7. The minimum absolute atomic E-state index is 0.0610. The Morgan fingerprint density at radius 2 is 2.07 bits per heavy atom. The summed E-state index contributed by atoms with van der Waals surface area (Å²) >= 11 is 0. The highest BCUT2D eigenvalue weighted by atomic mass is 16.3. The molecule has 0 radical (unpaired) electrons. The van der Waals surface area contributed by atoms with Gasteiger partial charge in [0.15, 0.2) is 0 Å². The van der Waals surface area contributed by atoms with E-state index in [-0.39, 0.29) is 6.10 Å². The van der Waals surface area contributed by atoms with Crippen LogP contribution in [0.4, 0.5) is 0 Å². The van der Waals surface area contributed by atoms with Gasteiger partial charge in [0, 0.05) is 19.1 Å². The number of β-amino-alcohol motifs (C(OH)–C–C–N with tert-alkyl or cyclic N) is 1. The van der Waals surface area contributed by atoms with Gasteiger partial charge in [-0.15, -0.1) is 0 Å². The highest BCUT2D eigenvalue weighted by molar-refractivity contribution is 4.79. The van der Waals surface area contributed by atoms with E-state index in [4.69, 9.17) is 0 Å². The standard InChI is InChI=1S/C12H24N2O/c1-13-7-3-2-4-11(13)5-8-14-9-6-12(15)10-14/h11-12,15H,2-10H2,1H3. The van der Waals surface area contributed by atoms with Crippen molar-refractivity contribution in [1.29, 1.82) is 0 Å². The predicted molar refractivity (Wildman–Crippen MR) is 61.9 cm³/mol. The first-order valence-electron chi connectivity index (χ1n) is 6.36. The monoisotopic (exact) mass is 212 g/mol. The smallest absolute Gasteiger partial charge is 0.0679 e. The maximum atomic E-state index is 9.44. The summed E-state index contributed by atoms with van der Waals surface area (Å²) in [4.78, 5) is 4.92. The minimum Gasteiger partial charge on any atom is -0.392 e. The van der Waals surface area contributed by atoms with Crippen molar-refractivity contribution in [2.45, 2.75) is 44.2 Å². The summed E-state index contributed by atoms with van der Waals surface area (Å²) in [5.74, 6) is 0. The molecule has 0 spiro atoms. The van der Waals surface area contributed by atoms with Crippen LogP contribution < -0.4 is 0 Å². The molecule has 2 atom stereocenters. The maximum Gasteiger partial charge on any atom is 0.0679 e. The molecule has 15 heavy (non-hydrogen) atoms. The first-order chi connectivity index (χ1) is 7.25. The van der Waals surface area contributed by atoms with Crippen LogP contribution in [0.5, 0.6) is 0 Å². The molecule has 2 saturated heterocycles. The van der Waals surface area contributed by atoms with E-state index in [1.807, 2.05) is 0 Å². The van der Waals surface area contributed by atoms with Gasteiger partial charge in [0.1, 0.15) is 0 Å². The summed E-state index contributed by atoms with van der Waals surface area (Å²) in [6.45, 7) is 4.44. The summed E-state index contributed by atoms with van der Waals surface area (Å²) in [5.41, 5.74) is 0. The van der Waals surface area contributed by atoms with Gasteiger partial charge in [0.25, 0.3) is 0 Å². The molecule has 2 fully saturated rings. The number of likely N-dealkylation sites (tertiary alicyclic amines) is 2. The largest absolute Gasteiger partial charge is 0.392 e. The first-order valence-corrected chi connectivity index (χ1v) is 6.36. The van der Waals surface area contributed by atoms with E-state index in [1.165, 1.54) is 38.8 Å². The van der Waals surface area contributed by atoms with Crippen molar-refractivity contribution >= 4 is 0 Å². The van der Waals surface area contributed by atoms with Gasteiger partial charge in [-0.1, -0.05) is 6.42 Å². The molecule has 0 amide bonds. The molecule has 1 N–H and O–H groups in total. The van der Waals surface area contributed by atoms with Crippen molar-refractivity contribution in [3.63, 3.8) is 0 Å². The highest BCUT2D eigenvalue weighted by Crippen LogP contribution is 2.19. The maximum absolute atomic E-state index is 9.44. The molecule has 88 valence electrons. The molecule has 2 aliphatic heterocycles. The number of hydrogen-bond donors (Lipinski definition) is 1. The van der Waals surface area contributed by atoms with Gasteiger partial charge in [-0.05, 0) is 45.8 Å². The molecule has 0 aromatic heterocycles. The zero-order valence-electron chi connectivity index (χ0n) is 9.86. The van der Waals surface area contributed by atoms with Crippen LogP contribution in [0, 0.1) is 0 Å². The molecule has 3 nitrogen and oxygen atoms in total. The van der Waals surface area contributed by atoms with Crippen molar-refractivity contribution in [2.75, 3.05) is 33.2 Å². The number of aliphatic hydroxyl groups excluding tert-OH is 1. The molecule has 0 aromatic rings. The lowest BCUT2D eigenvalue weighted by atomic mass is 10.00. The Kier molecular flexibility index (Phi) is 4.00. The predicted octanol–water partition coefficient (Wildman–Crippen LogP) is 0.927. The second kappa shape index (κ2) is 5.28. The van der Waals surface area contributed by atoms with Crippen LogP contribution in [0.2, 0.25) is 0 Å². The Morgan fingerprint density at radius 1 is 1.20 bits per heavy atom. The summed E-state index contributed by atoms with van der Waals surface area (Å²) in [6, 6.07) is 0.788. The van der Waals surface area contributed by atoms with E-state index in [2.05, 4.69) is 16.8 Å². The second-order valence-electron chi connectivity index (χ2n) is 5.16. The third kappa shape index (κ3) is 3.16. The van der Waals surface area contributed by atoms with Crippen LogP contribution in [0.25, 0.3) is 0 Å². The van der Waals surface area contributed by atoms with Crippen molar-refractivity contribution in [2.24, 2.45) is 0 Å². The summed E-state index contributed by atoms with van der Waals surface area (Å²) in [6.07, 6.45) is 6.33. The van der Waals surface area contributed by atoms with Crippen LogP contribution in [0.3, 0.4) is 0 Å². The van der Waals surface area contributed by atoms with Gasteiger partial charge in [-0.2, -0.15) is 0 Å². The second-order valence-corrected chi connectivity index (χ2v) is 5.16. The molecule has 2 rings (SSSR count). The topological polar surface area (TPSA) is 26.7 Å². The van der Waals surface area contributed by atoms with Gasteiger partial charge in [-0.25, -0.2) is 0 Å². The lowest BCUT2D eigenvalue weighted by Crippen LogP contribution is -2.38. The summed E-state index contributed by atoms with van der Waals surface area (Å²) in [5, 5.41) is 9.44. The van der Waals surface area contributed by atoms with Crippen molar-refractivity contribution in [1.82, 2.24) is 9.80 Å². The fraction of sp³-hybridized carbons (Fsp3) is 1.00. The lowest BCUT2D eigenvalue weighted by Gasteiger charge is -2.33. The molecule has 0 aliphatic carbocycles. The van der Waals surface area contributed by atoms with E-state index in [0.29, 0.717) is 0 Å². The third-order valence-electron chi connectivity index (χ3n) is 3.95. The van der Waals surface area contributed by atoms with Gasteiger partial charge >= 0.3 is 0 Å². The Bertz CT molecular complexity index is 198. The van der Waals surface area contributed by atoms with Gasteiger partial charge < -0.3 is 14.9 Å². The van der Waals surface area contributed by atoms with Gasteiger partial charge in [0.05, 0.1) is 6.10 Å². The zero-order valence-corrected chi connectivity index (χ0v) is 9.86. The SMILES string of the molecule is CN1CCCCC1CCN1CCC(O)C1. The normalized spacial score (nSPS) is 34.8. The van der Waals surface area contributed by atoms with Crippen LogP contribution in [-0.2, 0) is 0 Å². The molecule has 2 aliphatic rings. The Balaban J connectivity index is 1.68. The van der Waals surface area contributed by atoms with Crippen LogP contribution in [0.1, 0.15) is 32.1 Å². The molecule has 3 heteroatoms. The quantitative estimate of drug-likeness (QED) is 0.754. The first kappa shape index (κ1) is 11.4. The Labute approximate surface area is 93.1 Å². The Morgan fingerprint density at radius 3 is 2.73 bits per heavy atom. The minimum atomic E-state index is -0.0610. The van der Waals surface area contributed by atoms with Crippen molar-refractivity contribution in [3.05, 3.63) is 0 Å². The number of nitrogens with zero attached hydrogens (tertiary/aromatic N) is 2. The Hall–Kier alpha value is -0.120. The molecule has 0 saturated carbocycles. The van der Waals surface area contributed by atoms with Crippen LogP contribution >= 0.6 is 0 Å². The van der Waals surface area contributed by atoms with Gasteiger partial charge in [0.2, 0.25) is 0 Å². The lowest BCUT2D eigenvalue weighted by molar-refractivity contribution is 0.148. The fourth-order valence-electron chi connectivity index (χ4n) is 2.86. The summed E-state index contributed by atoms with van der Waals surface area (Å²) < 4.78 is 0. The molecule has 0 bridgehead atoms. The van der Waals surface area contributed by atoms with E-state index >= 15 is 0 Å². The van der Waals surface area contributed by atoms with Crippen LogP contribution in [-0.4, -0.2) is 60.3 Å². The third-order valence-corrected chi connectivity index (χ3v) is 3.95. The number of rotatable bonds is 3. The molecule has 2 unspecified atom stereocenters. The van der Waals surface area contributed by atoms with Crippen molar-refractivity contribution in [3.8, 4) is 0 Å². The van der Waals surface area contributed by atoms with E-state index in [1.54, 1.807) is 0 Å². The summed E-state index contributed by atoms with van der Waals surface area (Å²) in [7, 11) is 2.25. The number of piperidine rings is 1. The number of aliphatic hydroxyl groups is 1. The van der Waals surface area contributed by atoms with Crippen molar-refractivity contribution < 1.29 is 5.11 Å². The van der Waals surface area contributed by atoms with E-state index < -0.39 is 0 Å². The highest BCUT2D eigenvalue weighted by Gasteiger charge is 2.23. The molecule has 0 aromatic carbocycles. The average molecular weight is 212 g/mol. The van der Waals surface area contributed by atoms with E-state index in [9.17, 15) is 5.11 Å². The van der Waals surface area contributed by atoms with Gasteiger partial charge in [-0.3, -0.25) is 0 Å². The molecular formula is C12H24N2O. The average Bonchev–Trinajstić information content (AvgIpc) is 2.63. The van der Waals surface area contributed by atoms with E-state index in [0.717, 1.165) is 25.6 Å². The van der Waals surface area contributed by atoms with Crippen LogP contribution in [0.15, 0.2) is 0 Å². The number of hydrogen-bond acceptors (Lipinski definition) is 3. The fourth-order valence-corrected chi connectivity index (χ4v) is 2.86. The molecule has 2 heterocycles.